The van der Waals surface area contributed by atoms with Gasteiger partial charge in [0.15, 0.2) is 0 Å². The molecule has 1 N–H and O–H groups in total. The van der Waals surface area contributed by atoms with Crippen LogP contribution >= 0.6 is 11.6 Å². The van der Waals surface area contributed by atoms with Gasteiger partial charge >= 0.3 is 0 Å². The highest BCUT2D eigenvalue weighted by atomic mass is 35.5. The fourth-order valence-corrected chi connectivity index (χ4v) is 2.55. The van der Waals surface area contributed by atoms with Gasteiger partial charge in [0.2, 0.25) is 0 Å². The predicted octanol–water partition coefficient (Wildman–Crippen LogP) is 1.87. The van der Waals surface area contributed by atoms with Gasteiger partial charge in [0, 0.05) is 32.2 Å². The number of hydrogen-bond acceptors (Lipinski definition) is 4. The number of benzene rings is 1. The largest absolute Gasteiger partial charge is 0.382 e. The molecular weight excluding hydrogens is 260 g/mol. The predicted molar refractivity (Wildman–Crippen MR) is 78.6 cm³/mol. The van der Waals surface area contributed by atoms with E-state index in [9.17, 15) is 0 Å². The van der Waals surface area contributed by atoms with Crippen LogP contribution in [0.1, 0.15) is 5.56 Å². The smallest absolute Gasteiger partial charge is 0.103 e. The third-order valence-corrected chi connectivity index (χ3v) is 3.95. The topological polar surface area (TPSA) is 42.3 Å². The molecule has 0 radical (unpaired) electrons. The van der Waals surface area contributed by atoms with Gasteiger partial charge in [0.25, 0.3) is 0 Å². The summed E-state index contributed by atoms with van der Waals surface area (Å²) in [6, 6.07) is 8.11. The van der Waals surface area contributed by atoms with Gasteiger partial charge in [-0.15, -0.1) is 0 Å². The van der Waals surface area contributed by atoms with Crippen LogP contribution in [-0.4, -0.2) is 56.1 Å². The number of nitrogens with zero attached hydrogens (tertiary/aromatic N) is 3. The number of rotatable bonds is 3. The Labute approximate surface area is 119 Å². The summed E-state index contributed by atoms with van der Waals surface area (Å²) in [6.07, 6.45) is 0. The summed E-state index contributed by atoms with van der Waals surface area (Å²) in [5.74, 6) is 0. The molecule has 4 nitrogen and oxygen atoms in total. The van der Waals surface area contributed by atoms with E-state index < -0.39 is 0 Å². The van der Waals surface area contributed by atoms with Gasteiger partial charge in [-0.1, -0.05) is 17.7 Å². The van der Waals surface area contributed by atoms with E-state index in [0.717, 1.165) is 31.9 Å². The van der Waals surface area contributed by atoms with Crippen molar-refractivity contribution >= 4 is 17.3 Å². The zero-order chi connectivity index (χ0) is 13.8. The molecule has 1 heterocycles. The molecule has 0 aliphatic carbocycles. The van der Waals surface area contributed by atoms with E-state index in [1.54, 1.807) is 6.07 Å². The van der Waals surface area contributed by atoms with Crippen molar-refractivity contribution in [1.29, 1.82) is 5.26 Å². The summed E-state index contributed by atoms with van der Waals surface area (Å²) in [7, 11) is 4.28. The molecule has 1 unspecified atom stereocenters. The number of nitriles is 1. The van der Waals surface area contributed by atoms with Crippen molar-refractivity contribution < 1.29 is 0 Å². The van der Waals surface area contributed by atoms with Crippen LogP contribution in [0.2, 0.25) is 5.02 Å². The molecule has 1 aromatic rings. The quantitative estimate of drug-likeness (QED) is 0.917. The number of nitrogens with one attached hydrogen (secondary N) is 1. The Kier molecular flexibility index (Phi) is 4.65. The standard InChI is InChI=1S/C14H19ClN4/c1-18-6-7-19(2)11(10-18)9-17-14-5-3-4-13(15)12(14)8-16/h3-5,11,17H,6-7,9-10H2,1-2H3. The van der Waals surface area contributed by atoms with Crippen molar-refractivity contribution in [3.05, 3.63) is 28.8 Å². The average Bonchev–Trinajstić information content (AvgIpc) is 2.40. The van der Waals surface area contributed by atoms with Crippen LogP contribution in [-0.2, 0) is 0 Å². The van der Waals surface area contributed by atoms with Gasteiger partial charge in [0.05, 0.1) is 16.3 Å². The lowest BCUT2D eigenvalue weighted by Gasteiger charge is -2.37. The third-order valence-electron chi connectivity index (χ3n) is 3.63. The normalized spacial score (nSPS) is 21.1. The van der Waals surface area contributed by atoms with E-state index in [1.165, 1.54) is 0 Å². The van der Waals surface area contributed by atoms with Gasteiger partial charge in [-0.05, 0) is 26.2 Å². The average molecular weight is 279 g/mol. The van der Waals surface area contributed by atoms with Gasteiger partial charge in [0.1, 0.15) is 6.07 Å². The molecule has 1 aliphatic heterocycles. The minimum Gasteiger partial charge on any atom is -0.382 e. The third kappa shape index (κ3) is 3.38. The fourth-order valence-electron chi connectivity index (χ4n) is 2.33. The maximum absolute atomic E-state index is 9.14. The second-order valence-corrected chi connectivity index (χ2v) is 5.46. The Balaban J connectivity index is 2.03. The van der Waals surface area contributed by atoms with Crippen molar-refractivity contribution in [2.45, 2.75) is 6.04 Å². The lowest BCUT2D eigenvalue weighted by Crippen LogP contribution is -2.52. The molecule has 19 heavy (non-hydrogen) atoms. The molecule has 1 aromatic carbocycles. The highest BCUT2D eigenvalue weighted by Gasteiger charge is 2.22. The molecular formula is C14H19ClN4. The molecule has 2 rings (SSSR count). The zero-order valence-electron chi connectivity index (χ0n) is 11.4. The van der Waals surface area contributed by atoms with Crippen LogP contribution in [0.25, 0.3) is 0 Å². The molecule has 1 atom stereocenters. The molecule has 0 spiro atoms. The number of piperazine rings is 1. The van der Waals surface area contributed by atoms with Crippen molar-refractivity contribution in [2.75, 3.05) is 45.6 Å². The fraction of sp³-hybridized carbons (Fsp3) is 0.500. The van der Waals surface area contributed by atoms with Crippen molar-refractivity contribution in [2.24, 2.45) is 0 Å². The molecule has 1 aliphatic rings. The molecule has 1 fully saturated rings. The maximum Gasteiger partial charge on any atom is 0.103 e. The van der Waals surface area contributed by atoms with Gasteiger partial charge in [-0.2, -0.15) is 5.26 Å². The van der Waals surface area contributed by atoms with Crippen LogP contribution < -0.4 is 5.32 Å². The Morgan fingerprint density at radius 1 is 1.42 bits per heavy atom. The zero-order valence-corrected chi connectivity index (χ0v) is 12.1. The first kappa shape index (κ1) is 14.1. The highest BCUT2D eigenvalue weighted by Crippen LogP contribution is 2.23. The summed E-state index contributed by atoms with van der Waals surface area (Å²) in [5.41, 5.74) is 1.34. The minimum atomic E-state index is 0.448. The molecule has 0 saturated carbocycles. The maximum atomic E-state index is 9.14. The summed E-state index contributed by atoms with van der Waals surface area (Å²) >= 11 is 6.02. The molecule has 0 amide bonds. The summed E-state index contributed by atoms with van der Waals surface area (Å²) in [4.78, 5) is 4.68. The number of anilines is 1. The first-order chi connectivity index (χ1) is 9.11. The summed E-state index contributed by atoms with van der Waals surface area (Å²) < 4.78 is 0. The Morgan fingerprint density at radius 3 is 2.95 bits per heavy atom. The summed E-state index contributed by atoms with van der Waals surface area (Å²) in [6.45, 7) is 4.03. The van der Waals surface area contributed by atoms with E-state index in [0.29, 0.717) is 16.6 Å². The lowest BCUT2D eigenvalue weighted by atomic mass is 10.1. The monoisotopic (exact) mass is 278 g/mol. The number of hydrogen-bond donors (Lipinski definition) is 1. The second-order valence-electron chi connectivity index (χ2n) is 5.05. The van der Waals surface area contributed by atoms with Crippen LogP contribution in [0.3, 0.4) is 0 Å². The first-order valence-electron chi connectivity index (χ1n) is 6.43. The van der Waals surface area contributed by atoms with E-state index in [2.05, 4.69) is 35.3 Å². The lowest BCUT2D eigenvalue weighted by molar-refractivity contribution is 0.122. The van der Waals surface area contributed by atoms with Gasteiger partial charge in [-0.3, -0.25) is 4.90 Å². The summed E-state index contributed by atoms with van der Waals surface area (Å²) in [5, 5.41) is 13.0. The van der Waals surface area contributed by atoms with Crippen molar-refractivity contribution in [3.8, 4) is 6.07 Å². The molecule has 5 heteroatoms. The molecule has 0 aromatic heterocycles. The van der Waals surface area contributed by atoms with Crippen molar-refractivity contribution in [1.82, 2.24) is 9.80 Å². The van der Waals surface area contributed by atoms with Crippen LogP contribution in [0.4, 0.5) is 5.69 Å². The van der Waals surface area contributed by atoms with Crippen LogP contribution in [0, 0.1) is 11.3 Å². The van der Waals surface area contributed by atoms with Crippen molar-refractivity contribution in [3.63, 3.8) is 0 Å². The van der Waals surface area contributed by atoms with E-state index in [4.69, 9.17) is 16.9 Å². The van der Waals surface area contributed by atoms with E-state index >= 15 is 0 Å². The Hall–Kier alpha value is -1.28. The molecule has 0 bridgehead atoms. The van der Waals surface area contributed by atoms with Crippen LogP contribution in [0.15, 0.2) is 18.2 Å². The van der Waals surface area contributed by atoms with Gasteiger partial charge in [-0.25, -0.2) is 0 Å². The van der Waals surface area contributed by atoms with Gasteiger partial charge < -0.3 is 10.2 Å². The van der Waals surface area contributed by atoms with E-state index in [-0.39, 0.29) is 0 Å². The highest BCUT2D eigenvalue weighted by molar-refractivity contribution is 6.32. The van der Waals surface area contributed by atoms with E-state index in [1.807, 2.05) is 12.1 Å². The molecule has 102 valence electrons. The Bertz CT molecular complexity index is 483. The number of halogens is 1. The van der Waals surface area contributed by atoms with Crippen LogP contribution in [0.5, 0.6) is 0 Å². The first-order valence-corrected chi connectivity index (χ1v) is 6.81. The minimum absolute atomic E-state index is 0.448. The second kappa shape index (κ2) is 6.25. The Morgan fingerprint density at radius 2 is 2.21 bits per heavy atom. The molecule has 1 saturated heterocycles. The SMILES string of the molecule is CN1CCN(C)C(CNc2cccc(Cl)c2C#N)C1. The number of likely N-dealkylation sites (N-methyl/N-ethyl adjacent to an activating group) is 2.